The first kappa shape index (κ1) is 12.3. The molecule has 2 heterocycles. The molecule has 2 aliphatic rings. The first-order valence-electron chi connectivity index (χ1n) is 5.19. The van der Waals surface area contributed by atoms with Gasteiger partial charge in [0.25, 0.3) is 10.1 Å². The molecule has 0 radical (unpaired) electrons. The highest BCUT2D eigenvalue weighted by Crippen LogP contribution is 2.36. The summed E-state index contributed by atoms with van der Waals surface area (Å²) in [5.74, 6) is -0.958. The number of ether oxygens (including phenoxy) is 3. The first-order chi connectivity index (χ1) is 7.27. The Morgan fingerprint density at radius 1 is 1.38 bits per heavy atom. The topological polar surface area (TPSA) is 82.1 Å². The Labute approximate surface area is 94.6 Å². The van der Waals surface area contributed by atoms with Gasteiger partial charge in [-0.15, -0.1) is 0 Å². The molecule has 0 aromatic rings. The molecular formula is C9H16O6S. The summed E-state index contributed by atoms with van der Waals surface area (Å²) in [6.07, 6.45) is -0.480. The molecule has 0 aromatic carbocycles. The van der Waals surface area contributed by atoms with Gasteiger partial charge in [-0.3, -0.25) is 4.55 Å². The molecule has 0 saturated carbocycles. The fourth-order valence-corrected chi connectivity index (χ4v) is 2.66. The van der Waals surface area contributed by atoms with Crippen LogP contribution in [0.5, 0.6) is 0 Å². The van der Waals surface area contributed by atoms with E-state index < -0.39 is 15.9 Å². The highest BCUT2D eigenvalue weighted by molar-refractivity contribution is 7.85. The van der Waals surface area contributed by atoms with Crippen molar-refractivity contribution in [1.29, 1.82) is 0 Å². The number of fused-ring (bicyclic) bond motifs is 1. The predicted molar refractivity (Wildman–Crippen MR) is 54.6 cm³/mol. The first-order valence-corrected chi connectivity index (χ1v) is 6.80. The van der Waals surface area contributed by atoms with Crippen molar-refractivity contribution in [2.45, 2.75) is 44.4 Å². The highest BCUT2D eigenvalue weighted by Gasteiger charge is 2.49. The van der Waals surface area contributed by atoms with Gasteiger partial charge in [0.2, 0.25) is 0 Å². The van der Waals surface area contributed by atoms with Crippen LogP contribution < -0.4 is 0 Å². The molecule has 2 fully saturated rings. The van der Waals surface area contributed by atoms with E-state index in [1.165, 1.54) is 0 Å². The molecule has 1 N–H and O–H groups in total. The van der Waals surface area contributed by atoms with Crippen LogP contribution >= 0.6 is 0 Å². The second-order valence-electron chi connectivity index (χ2n) is 4.59. The van der Waals surface area contributed by atoms with Crippen LogP contribution in [-0.4, -0.2) is 49.4 Å². The lowest BCUT2D eigenvalue weighted by Crippen LogP contribution is -2.31. The minimum absolute atomic E-state index is 0.138. The zero-order chi connectivity index (χ0) is 12.0. The lowest BCUT2D eigenvalue weighted by atomic mass is 10.1. The molecule has 0 aliphatic carbocycles. The maximum atomic E-state index is 10.6. The van der Waals surface area contributed by atoms with Crippen molar-refractivity contribution in [1.82, 2.24) is 0 Å². The number of rotatable bonds is 3. The van der Waals surface area contributed by atoms with E-state index in [-0.39, 0.29) is 30.5 Å². The Bertz CT molecular complexity index is 362. The van der Waals surface area contributed by atoms with E-state index in [0.29, 0.717) is 6.61 Å². The van der Waals surface area contributed by atoms with E-state index in [0.717, 1.165) is 0 Å². The molecular weight excluding hydrogens is 236 g/mol. The fourth-order valence-electron chi connectivity index (χ4n) is 2.13. The maximum Gasteiger partial charge on any atom is 0.264 e. The molecule has 0 spiro atoms. The van der Waals surface area contributed by atoms with E-state index in [1.807, 2.05) is 13.8 Å². The Balaban J connectivity index is 1.94. The Kier molecular flexibility index (Phi) is 3.00. The van der Waals surface area contributed by atoms with E-state index in [4.69, 9.17) is 18.8 Å². The lowest BCUT2D eigenvalue weighted by Gasteiger charge is -2.21. The molecule has 7 heteroatoms. The van der Waals surface area contributed by atoms with Crippen molar-refractivity contribution in [2.24, 2.45) is 0 Å². The molecule has 0 bridgehead atoms. The van der Waals surface area contributed by atoms with Gasteiger partial charge in [0.05, 0.1) is 18.5 Å². The number of hydrogen-bond donors (Lipinski definition) is 1. The molecule has 0 aromatic heterocycles. The number of hydrogen-bond acceptors (Lipinski definition) is 5. The summed E-state index contributed by atoms with van der Waals surface area (Å²) in [5.41, 5.74) is 0. The van der Waals surface area contributed by atoms with Gasteiger partial charge >= 0.3 is 0 Å². The van der Waals surface area contributed by atoms with Crippen molar-refractivity contribution >= 4 is 10.1 Å². The van der Waals surface area contributed by atoms with Gasteiger partial charge in [-0.05, 0) is 20.3 Å². The summed E-state index contributed by atoms with van der Waals surface area (Å²) in [7, 11) is -3.95. The van der Waals surface area contributed by atoms with Crippen LogP contribution in [0.3, 0.4) is 0 Å². The van der Waals surface area contributed by atoms with Crippen LogP contribution in [0.25, 0.3) is 0 Å². The minimum atomic E-state index is -3.95. The SMILES string of the molecule is CC1(C)O[C@H]2[C@H](CCS(=O)(=O)O)OC[C@H]2O1. The smallest absolute Gasteiger partial charge is 0.264 e. The zero-order valence-electron chi connectivity index (χ0n) is 9.25. The third kappa shape index (κ3) is 2.72. The largest absolute Gasteiger partial charge is 0.373 e. The molecule has 94 valence electrons. The Morgan fingerprint density at radius 3 is 2.69 bits per heavy atom. The van der Waals surface area contributed by atoms with Crippen molar-refractivity contribution in [2.75, 3.05) is 12.4 Å². The lowest BCUT2D eigenvalue weighted by molar-refractivity contribution is -0.174. The normalized spacial score (nSPS) is 37.6. The zero-order valence-corrected chi connectivity index (χ0v) is 10.1. The van der Waals surface area contributed by atoms with Crippen molar-refractivity contribution in [3.8, 4) is 0 Å². The van der Waals surface area contributed by atoms with Crippen LogP contribution in [0.2, 0.25) is 0 Å². The molecule has 2 saturated heterocycles. The fraction of sp³-hybridized carbons (Fsp3) is 1.00. The molecule has 2 rings (SSSR count). The summed E-state index contributed by atoms with van der Waals surface area (Å²) < 4.78 is 46.5. The van der Waals surface area contributed by atoms with Gasteiger partial charge in [-0.2, -0.15) is 8.42 Å². The molecule has 0 amide bonds. The van der Waals surface area contributed by atoms with Crippen molar-refractivity contribution < 1.29 is 27.2 Å². The summed E-state index contributed by atoms with van der Waals surface area (Å²) in [6, 6.07) is 0. The molecule has 6 nitrogen and oxygen atoms in total. The Morgan fingerprint density at radius 2 is 2.06 bits per heavy atom. The second kappa shape index (κ2) is 3.92. The van der Waals surface area contributed by atoms with Crippen LogP contribution in [0.4, 0.5) is 0 Å². The van der Waals surface area contributed by atoms with E-state index in [1.54, 1.807) is 0 Å². The summed E-state index contributed by atoms with van der Waals surface area (Å²) in [5, 5.41) is 0. The highest BCUT2D eigenvalue weighted by atomic mass is 32.2. The maximum absolute atomic E-state index is 10.6. The summed E-state index contributed by atoms with van der Waals surface area (Å²) in [4.78, 5) is 0. The van der Waals surface area contributed by atoms with Crippen LogP contribution in [0.1, 0.15) is 20.3 Å². The molecule has 2 aliphatic heterocycles. The van der Waals surface area contributed by atoms with Crippen LogP contribution in [0, 0.1) is 0 Å². The third-order valence-electron chi connectivity index (χ3n) is 2.72. The monoisotopic (exact) mass is 252 g/mol. The second-order valence-corrected chi connectivity index (χ2v) is 6.16. The standard InChI is InChI=1S/C9H16O6S/c1-9(2)14-7-5-13-6(8(7)15-9)3-4-16(10,11)12/h6-8H,3-5H2,1-2H3,(H,10,11,12)/t6-,7+,8-/m0/s1. The molecule has 16 heavy (non-hydrogen) atoms. The minimum Gasteiger partial charge on any atom is -0.373 e. The summed E-state index contributed by atoms with van der Waals surface area (Å²) >= 11 is 0. The van der Waals surface area contributed by atoms with Crippen LogP contribution in [0.15, 0.2) is 0 Å². The van der Waals surface area contributed by atoms with Gasteiger partial charge in [0.1, 0.15) is 12.2 Å². The van der Waals surface area contributed by atoms with E-state index >= 15 is 0 Å². The van der Waals surface area contributed by atoms with Gasteiger partial charge in [-0.25, -0.2) is 0 Å². The average molecular weight is 252 g/mol. The molecule has 3 atom stereocenters. The Hall–Kier alpha value is -0.210. The predicted octanol–water partition coefficient (Wildman–Crippen LogP) is 0.183. The van der Waals surface area contributed by atoms with Crippen molar-refractivity contribution in [3.63, 3.8) is 0 Å². The summed E-state index contributed by atoms with van der Waals surface area (Å²) in [6.45, 7) is 4.03. The van der Waals surface area contributed by atoms with Crippen molar-refractivity contribution in [3.05, 3.63) is 0 Å². The quantitative estimate of drug-likeness (QED) is 0.722. The van der Waals surface area contributed by atoms with Gasteiger partial charge < -0.3 is 14.2 Å². The van der Waals surface area contributed by atoms with Gasteiger partial charge in [0, 0.05) is 0 Å². The van der Waals surface area contributed by atoms with Crippen LogP contribution in [-0.2, 0) is 24.3 Å². The average Bonchev–Trinajstić information content (AvgIpc) is 2.55. The van der Waals surface area contributed by atoms with Gasteiger partial charge in [-0.1, -0.05) is 0 Å². The molecule has 0 unspecified atom stereocenters. The van der Waals surface area contributed by atoms with E-state index in [9.17, 15) is 8.42 Å². The third-order valence-corrected chi connectivity index (χ3v) is 3.47. The van der Waals surface area contributed by atoms with Gasteiger partial charge in [0.15, 0.2) is 5.79 Å². The van der Waals surface area contributed by atoms with E-state index in [2.05, 4.69) is 0 Å².